The third-order valence-electron chi connectivity index (χ3n) is 4.34. The summed E-state index contributed by atoms with van der Waals surface area (Å²) in [5.74, 6) is 0.630. The fourth-order valence-corrected chi connectivity index (χ4v) is 3.17. The van der Waals surface area contributed by atoms with Gasteiger partial charge in [-0.2, -0.15) is 5.26 Å². The van der Waals surface area contributed by atoms with Crippen molar-refractivity contribution in [2.24, 2.45) is 0 Å². The molecule has 1 aromatic carbocycles. The van der Waals surface area contributed by atoms with E-state index < -0.39 is 0 Å². The fourth-order valence-electron chi connectivity index (χ4n) is 3.17. The Hall–Kier alpha value is -1.79. The quantitative estimate of drug-likeness (QED) is 0.892. The molecule has 0 saturated carbocycles. The first kappa shape index (κ1) is 12.3. The van der Waals surface area contributed by atoms with Crippen molar-refractivity contribution in [2.75, 3.05) is 19.6 Å². The fraction of sp³-hybridized carbons (Fsp3) is 0.438. The number of aromatic amines is 1. The van der Waals surface area contributed by atoms with Crippen molar-refractivity contribution in [3.8, 4) is 6.07 Å². The van der Waals surface area contributed by atoms with Crippen molar-refractivity contribution < 1.29 is 0 Å². The molecule has 3 heteroatoms. The highest BCUT2D eigenvalue weighted by Gasteiger charge is 2.22. The van der Waals surface area contributed by atoms with Crippen LogP contribution < -0.4 is 0 Å². The number of nitriles is 1. The van der Waals surface area contributed by atoms with Crippen LogP contribution in [0.15, 0.2) is 24.4 Å². The lowest BCUT2D eigenvalue weighted by Gasteiger charge is -2.30. The second-order valence-electron chi connectivity index (χ2n) is 5.29. The lowest BCUT2D eigenvalue weighted by Crippen LogP contribution is -2.32. The van der Waals surface area contributed by atoms with Gasteiger partial charge in [0.05, 0.1) is 11.1 Å². The van der Waals surface area contributed by atoms with Gasteiger partial charge in [-0.05, 0) is 50.0 Å². The summed E-state index contributed by atoms with van der Waals surface area (Å²) in [4.78, 5) is 5.80. The SMILES string of the molecule is CCN1CCC(c2c[nH]c3c(C#N)cccc23)CC1. The van der Waals surface area contributed by atoms with Gasteiger partial charge in [0.2, 0.25) is 0 Å². The molecule has 1 fully saturated rings. The average Bonchev–Trinajstić information content (AvgIpc) is 2.91. The summed E-state index contributed by atoms with van der Waals surface area (Å²) >= 11 is 0. The molecule has 3 rings (SSSR count). The summed E-state index contributed by atoms with van der Waals surface area (Å²) in [5.41, 5.74) is 3.13. The molecule has 0 amide bonds. The van der Waals surface area contributed by atoms with Crippen LogP contribution >= 0.6 is 0 Å². The third kappa shape index (κ3) is 2.13. The topological polar surface area (TPSA) is 42.8 Å². The highest BCUT2D eigenvalue weighted by molar-refractivity contribution is 5.88. The van der Waals surface area contributed by atoms with E-state index in [-0.39, 0.29) is 0 Å². The predicted molar refractivity (Wildman–Crippen MR) is 77.1 cm³/mol. The number of benzene rings is 1. The summed E-state index contributed by atoms with van der Waals surface area (Å²) in [6.07, 6.45) is 4.55. The number of aromatic nitrogens is 1. The lowest BCUT2D eigenvalue weighted by atomic mass is 9.89. The Kier molecular flexibility index (Phi) is 3.27. The van der Waals surface area contributed by atoms with Gasteiger partial charge in [-0.1, -0.05) is 19.1 Å². The Morgan fingerprint density at radius 1 is 1.37 bits per heavy atom. The number of nitrogens with zero attached hydrogens (tertiary/aromatic N) is 2. The maximum absolute atomic E-state index is 9.15. The van der Waals surface area contributed by atoms with Crippen LogP contribution in [-0.2, 0) is 0 Å². The Labute approximate surface area is 113 Å². The Bertz CT molecular complexity index is 612. The molecule has 98 valence electrons. The van der Waals surface area contributed by atoms with Crippen molar-refractivity contribution in [3.63, 3.8) is 0 Å². The predicted octanol–water partition coefficient (Wildman–Crippen LogP) is 3.24. The Morgan fingerprint density at radius 3 is 2.84 bits per heavy atom. The Morgan fingerprint density at radius 2 is 2.16 bits per heavy atom. The number of rotatable bonds is 2. The molecule has 1 aliphatic heterocycles. The molecular formula is C16H19N3. The monoisotopic (exact) mass is 253 g/mol. The number of fused-ring (bicyclic) bond motifs is 1. The van der Waals surface area contributed by atoms with Crippen LogP contribution in [0.2, 0.25) is 0 Å². The molecule has 0 aliphatic carbocycles. The number of hydrogen-bond acceptors (Lipinski definition) is 2. The molecule has 1 aromatic heterocycles. The van der Waals surface area contributed by atoms with E-state index in [1.807, 2.05) is 12.1 Å². The van der Waals surface area contributed by atoms with E-state index in [2.05, 4.69) is 35.1 Å². The van der Waals surface area contributed by atoms with Crippen LogP contribution in [0.3, 0.4) is 0 Å². The minimum atomic E-state index is 0.630. The number of hydrogen-bond donors (Lipinski definition) is 1. The summed E-state index contributed by atoms with van der Waals surface area (Å²) in [6.45, 7) is 5.75. The van der Waals surface area contributed by atoms with Gasteiger partial charge in [-0.15, -0.1) is 0 Å². The molecule has 2 aromatic rings. The van der Waals surface area contributed by atoms with Crippen LogP contribution in [-0.4, -0.2) is 29.5 Å². The van der Waals surface area contributed by atoms with E-state index in [0.717, 1.165) is 17.6 Å². The van der Waals surface area contributed by atoms with E-state index in [4.69, 9.17) is 5.26 Å². The first-order chi connectivity index (χ1) is 9.33. The maximum Gasteiger partial charge on any atom is 0.101 e. The molecule has 19 heavy (non-hydrogen) atoms. The maximum atomic E-state index is 9.15. The van der Waals surface area contributed by atoms with Crippen LogP contribution in [0.25, 0.3) is 10.9 Å². The molecule has 1 N–H and O–H groups in total. The zero-order valence-electron chi connectivity index (χ0n) is 11.3. The van der Waals surface area contributed by atoms with Crippen LogP contribution in [0.1, 0.15) is 36.8 Å². The van der Waals surface area contributed by atoms with E-state index in [9.17, 15) is 0 Å². The first-order valence-electron chi connectivity index (χ1n) is 7.06. The molecule has 0 unspecified atom stereocenters. The van der Waals surface area contributed by atoms with Gasteiger partial charge in [0.15, 0.2) is 0 Å². The van der Waals surface area contributed by atoms with E-state index in [1.165, 1.54) is 36.9 Å². The van der Waals surface area contributed by atoms with Crippen molar-refractivity contribution in [1.29, 1.82) is 5.26 Å². The second kappa shape index (κ2) is 5.07. The van der Waals surface area contributed by atoms with Crippen LogP contribution in [0.4, 0.5) is 0 Å². The molecule has 0 radical (unpaired) electrons. The standard InChI is InChI=1S/C16H19N3/c1-2-19-8-6-12(7-9-19)15-11-18-16-13(10-17)4-3-5-14(15)16/h3-5,11-12,18H,2,6-9H2,1H3. The van der Waals surface area contributed by atoms with Crippen LogP contribution in [0.5, 0.6) is 0 Å². The lowest BCUT2D eigenvalue weighted by molar-refractivity contribution is 0.223. The minimum Gasteiger partial charge on any atom is -0.360 e. The van der Waals surface area contributed by atoms with Crippen molar-refractivity contribution in [3.05, 3.63) is 35.5 Å². The summed E-state index contributed by atoms with van der Waals surface area (Å²) in [7, 11) is 0. The summed E-state index contributed by atoms with van der Waals surface area (Å²) in [5, 5.41) is 10.4. The normalized spacial score (nSPS) is 17.7. The van der Waals surface area contributed by atoms with E-state index in [1.54, 1.807) is 0 Å². The highest BCUT2D eigenvalue weighted by Crippen LogP contribution is 2.33. The summed E-state index contributed by atoms with van der Waals surface area (Å²) < 4.78 is 0. The molecular weight excluding hydrogens is 234 g/mol. The zero-order valence-corrected chi connectivity index (χ0v) is 11.3. The molecule has 0 spiro atoms. The van der Waals surface area contributed by atoms with Gasteiger partial charge in [0.1, 0.15) is 6.07 Å². The van der Waals surface area contributed by atoms with Crippen molar-refractivity contribution in [1.82, 2.24) is 9.88 Å². The number of nitrogens with one attached hydrogen (secondary N) is 1. The summed E-state index contributed by atoms with van der Waals surface area (Å²) in [6, 6.07) is 8.26. The van der Waals surface area contributed by atoms with Gasteiger partial charge >= 0.3 is 0 Å². The molecule has 0 bridgehead atoms. The highest BCUT2D eigenvalue weighted by atomic mass is 15.1. The first-order valence-corrected chi connectivity index (χ1v) is 7.06. The van der Waals surface area contributed by atoms with Gasteiger partial charge in [-0.3, -0.25) is 0 Å². The third-order valence-corrected chi connectivity index (χ3v) is 4.34. The van der Waals surface area contributed by atoms with Gasteiger partial charge in [-0.25, -0.2) is 0 Å². The minimum absolute atomic E-state index is 0.630. The molecule has 1 aliphatic rings. The smallest absolute Gasteiger partial charge is 0.101 e. The number of likely N-dealkylation sites (tertiary alicyclic amines) is 1. The van der Waals surface area contributed by atoms with Crippen LogP contribution in [0, 0.1) is 11.3 Å². The van der Waals surface area contributed by atoms with E-state index >= 15 is 0 Å². The molecule has 1 saturated heterocycles. The largest absolute Gasteiger partial charge is 0.360 e. The molecule has 0 atom stereocenters. The molecule has 2 heterocycles. The molecule has 3 nitrogen and oxygen atoms in total. The number of para-hydroxylation sites is 1. The van der Waals surface area contributed by atoms with Crippen molar-refractivity contribution >= 4 is 10.9 Å². The van der Waals surface area contributed by atoms with Gasteiger partial charge < -0.3 is 9.88 Å². The zero-order chi connectivity index (χ0) is 13.2. The van der Waals surface area contributed by atoms with Crippen molar-refractivity contribution in [2.45, 2.75) is 25.7 Å². The van der Waals surface area contributed by atoms with Gasteiger partial charge in [0.25, 0.3) is 0 Å². The van der Waals surface area contributed by atoms with E-state index in [0.29, 0.717) is 5.92 Å². The second-order valence-corrected chi connectivity index (χ2v) is 5.29. The van der Waals surface area contributed by atoms with Gasteiger partial charge in [0, 0.05) is 11.6 Å². The number of piperidine rings is 1. The average molecular weight is 253 g/mol. The Balaban J connectivity index is 1.92. The number of H-pyrrole nitrogens is 1.